The van der Waals surface area contributed by atoms with Crippen molar-refractivity contribution in [3.05, 3.63) is 0 Å². The van der Waals surface area contributed by atoms with Crippen LogP contribution in [0.5, 0.6) is 0 Å². The summed E-state index contributed by atoms with van der Waals surface area (Å²) in [7, 11) is 0. The number of hydrogen-bond acceptors (Lipinski definition) is 2. The molecular weight excluding hydrogens is 188 g/mol. The van der Waals surface area contributed by atoms with Crippen molar-refractivity contribution in [3.8, 4) is 0 Å². The Balaban J connectivity index is 2.06. The van der Waals surface area contributed by atoms with Gasteiger partial charge in [0, 0.05) is 12.6 Å². The minimum Gasteiger partial charge on any atom is -0.338 e. The zero-order valence-electron chi connectivity index (χ0n) is 9.61. The van der Waals surface area contributed by atoms with Crippen LogP contribution in [0.4, 0.5) is 0 Å². The van der Waals surface area contributed by atoms with Gasteiger partial charge in [-0.15, -0.1) is 0 Å². The minimum absolute atomic E-state index is 0.159. The van der Waals surface area contributed by atoms with Gasteiger partial charge in [-0.3, -0.25) is 4.79 Å². The Bertz CT molecular complexity index is 238. The van der Waals surface area contributed by atoms with Crippen molar-refractivity contribution in [2.75, 3.05) is 6.54 Å². The maximum Gasteiger partial charge on any atom is 0.239 e. The molecule has 0 aromatic carbocycles. The van der Waals surface area contributed by atoms with Crippen molar-refractivity contribution in [2.24, 2.45) is 11.7 Å². The Morgan fingerprint density at radius 1 is 1.27 bits per heavy atom. The number of hydrogen-bond donors (Lipinski definition) is 1. The molecule has 2 aliphatic rings. The second-order valence-corrected chi connectivity index (χ2v) is 5.07. The molecule has 1 heterocycles. The van der Waals surface area contributed by atoms with Gasteiger partial charge in [-0.25, -0.2) is 0 Å². The van der Waals surface area contributed by atoms with Crippen LogP contribution in [0.15, 0.2) is 0 Å². The molecule has 2 N–H and O–H groups in total. The third-order valence-electron chi connectivity index (χ3n) is 3.92. The molecule has 86 valence electrons. The van der Waals surface area contributed by atoms with Gasteiger partial charge < -0.3 is 10.6 Å². The number of likely N-dealkylation sites (tertiary alicyclic amines) is 1. The lowest BCUT2D eigenvalue weighted by atomic mass is 9.78. The number of rotatable bonds is 1. The number of fused-ring (bicyclic) bond motifs is 1. The quantitative estimate of drug-likeness (QED) is 0.713. The van der Waals surface area contributed by atoms with Gasteiger partial charge in [0.1, 0.15) is 0 Å². The summed E-state index contributed by atoms with van der Waals surface area (Å²) in [5.41, 5.74) is 5.70. The van der Waals surface area contributed by atoms with Crippen molar-refractivity contribution in [2.45, 2.75) is 57.5 Å². The Kier molecular flexibility index (Phi) is 3.29. The van der Waals surface area contributed by atoms with Crippen LogP contribution in [0.3, 0.4) is 0 Å². The van der Waals surface area contributed by atoms with E-state index < -0.39 is 0 Å². The maximum atomic E-state index is 12.0. The predicted molar refractivity (Wildman–Crippen MR) is 60.3 cm³/mol. The summed E-state index contributed by atoms with van der Waals surface area (Å²) in [4.78, 5) is 14.0. The monoisotopic (exact) mass is 210 g/mol. The van der Waals surface area contributed by atoms with E-state index in [-0.39, 0.29) is 11.9 Å². The van der Waals surface area contributed by atoms with Gasteiger partial charge in [-0.05, 0) is 38.5 Å². The molecule has 0 spiro atoms. The number of carbonyl (C=O) groups excluding carboxylic acids is 1. The Hall–Kier alpha value is -0.570. The van der Waals surface area contributed by atoms with Crippen molar-refractivity contribution < 1.29 is 4.79 Å². The van der Waals surface area contributed by atoms with Gasteiger partial charge in [0.05, 0.1) is 6.04 Å². The van der Waals surface area contributed by atoms with Gasteiger partial charge in [0.25, 0.3) is 0 Å². The summed E-state index contributed by atoms with van der Waals surface area (Å²) >= 11 is 0. The lowest BCUT2D eigenvalue weighted by molar-refractivity contribution is -0.138. The lowest BCUT2D eigenvalue weighted by Gasteiger charge is -2.44. The molecule has 3 heteroatoms. The average Bonchev–Trinajstić information content (AvgIpc) is 2.27. The Labute approximate surface area is 92.0 Å². The van der Waals surface area contributed by atoms with Gasteiger partial charge in [0.15, 0.2) is 0 Å². The van der Waals surface area contributed by atoms with E-state index in [1.165, 1.54) is 38.5 Å². The van der Waals surface area contributed by atoms with Crippen LogP contribution in [0, 0.1) is 5.92 Å². The fraction of sp³-hybridized carbons (Fsp3) is 0.917. The van der Waals surface area contributed by atoms with Crippen LogP contribution in [0.25, 0.3) is 0 Å². The van der Waals surface area contributed by atoms with E-state index in [1.807, 2.05) is 0 Å². The molecule has 0 aromatic rings. The summed E-state index contributed by atoms with van der Waals surface area (Å²) < 4.78 is 0. The number of amides is 1. The molecule has 1 amide bonds. The zero-order chi connectivity index (χ0) is 10.8. The Morgan fingerprint density at radius 3 is 2.67 bits per heavy atom. The van der Waals surface area contributed by atoms with Crippen molar-refractivity contribution >= 4 is 5.91 Å². The number of carbonyl (C=O) groups is 1. The van der Waals surface area contributed by atoms with Gasteiger partial charge in [-0.1, -0.05) is 12.8 Å². The fourth-order valence-electron chi connectivity index (χ4n) is 3.16. The summed E-state index contributed by atoms with van der Waals surface area (Å²) in [5, 5.41) is 0. The van der Waals surface area contributed by atoms with Crippen LogP contribution in [-0.2, 0) is 4.79 Å². The van der Waals surface area contributed by atoms with E-state index in [2.05, 4.69) is 4.90 Å². The van der Waals surface area contributed by atoms with Crippen LogP contribution < -0.4 is 5.73 Å². The highest BCUT2D eigenvalue weighted by Gasteiger charge is 2.36. The summed E-state index contributed by atoms with van der Waals surface area (Å²) in [6.07, 6.45) is 7.62. The molecule has 1 aliphatic carbocycles. The number of piperidine rings is 1. The van der Waals surface area contributed by atoms with E-state index in [9.17, 15) is 4.79 Å². The number of nitrogens with zero attached hydrogens (tertiary/aromatic N) is 1. The van der Waals surface area contributed by atoms with E-state index in [4.69, 9.17) is 5.73 Å². The third kappa shape index (κ3) is 2.17. The van der Waals surface area contributed by atoms with Crippen LogP contribution in [-0.4, -0.2) is 29.4 Å². The van der Waals surface area contributed by atoms with Gasteiger partial charge in [-0.2, -0.15) is 0 Å². The SMILES string of the molecule is C[C@H](N)C(=O)N1CCCC2CCCCC21. The third-order valence-corrected chi connectivity index (χ3v) is 3.92. The molecule has 2 fully saturated rings. The first-order chi connectivity index (χ1) is 7.20. The van der Waals surface area contributed by atoms with Gasteiger partial charge in [0.2, 0.25) is 5.91 Å². The largest absolute Gasteiger partial charge is 0.338 e. The van der Waals surface area contributed by atoms with E-state index in [0.717, 1.165) is 12.5 Å². The molecule has 1 aliphatic heterocycles. The maximum absolute atomic E-state index is 12.0. The molecule has 15 heavy (non-hydrogen) atoms. The second-order valence-electron chi connectivity index (χ2n) is 5.07. The molecule has 3 nitrogen and oxygen atoms in total. The molecule has 0 bridgehead atoms. The molecule has 0 aromatic heterocycles. The van der Waals surface area contributed by atoms with E-state index in [1.54, 1.807) is 6.92 Å². The van der Waals surface area contributed by atoms with Gasteiger partial charge >= 0.3 is 0 Å². The first-order valence-electron chi connectivity index (χ1n) is 6.26. The summed E-state index contributed by atoms with van der Waals surface area (Å²) in [6.45, 7) is 2.73. The van der Waals surface area contributed by atoms with Crippen molar-refractivity contribution in [1.29, 1.82) is 0 Å². The van der Waals surface area contributed by atoms with E-state index in [0.29, 0.717) is 6.04 Å². The minimum atomic E-state index is -0.328. The molecule has 0 radical (unpaired) electrons. The lowest BCUT2D eigenvalue weighted by Crippen LogP contribution is -2.53. The van der Waals surface area contributed by atoms with Crippen LogP contribution in [0.1, 0.15) is 45.4 Å². The number of nitrogens with two attached hydrogens (primary N) is 1. The second kappa shape index (κ2) is 4.52. The molecule has 1 saturated heterocycles. The topological polar surface area (TPSA) is 46.3 Å². The first kappa shape index (κ1) is 10.9. The predicted octanol–water partition coefficient (Wildman–Crippen LogP) is 1.51. The highest BCUT2D eigenvalue weighted by atomic mass is 16.2. The Morgan fingerprint density at radius 2 is 1.93 bits per heavy atom. The van der Waals surface area contributed by atoms with Crippen LogP contribution in [0.2, 0.25) is 0 Å². The zero-order valence-corrected chi connectivity index (χ0v) is 9.61. The van der Waals surface area contributed by atoms with Crippen molar-refractivity contribution in [1.82, 2.24) is 4.90 Å². The molecule has 2 rings (SSSR count). The highest BCUT2D eigenvalue weighted by Crippen LogP contribution is 2.35. The van der Waals surface area contributed by atoms with E-state index >= 15 is 0 Å². The standard InChI is InChI=1S/C12H22N2O/c1-9(13)12(15)14-8-4-6-10-5-2-3-7-11(10)14/h9-11H,2-8,13H2,1H3/t9-,10?,11?/m0/s1. The molecule has 3 atom stereocenters. The fourth-order valence-corrected chi connectivity index (χ4v) is 3.16. The average molecular weight is 210 g/mol. The van der Waals surface area contributed by atoms with Crippen LogP contribution >= 0.6 is 0 Å². The first-order valence-corrected chi connectivity index (χ1v) is 6.26. The molecular formula is C12H22N2O. The summed E-state index contributed by atoms with van der Waals surface area (Å²) in [5.74, 6) is 0.918. The molecule has 2 unspecified atom stereocenters. The summed E-state index contributed by atoms with van der Waals surface area (Å²) in [6, 6.07) is 0.177. The normalized spacial score (nSPS) is 33.3. The highest BCUT2D eigenvalue weighted by molar-refractivity contribution is 5.81. The molecule has 1 saturated carbocycles. The van der Waals surface area contributed by atoms with Crippen molar-refractivity contribution in [3.63, 3.8) is 0 Å². The smallest absolute Gasteiger partial charge is 0.239 e.